The van der Waals surface area contributed by atoms with Crippen LogP contribution in [0.4, 0.5) is 0 Å². The summed E-state index contributed by atoms with van der Waals surface area (Å²) in [4.78, 5) is 0. The van der Waals surface area contributed by atoms with Gasteiger partial charge in [-0.15, -0.1) is 0 Å². The summed E-state index contributed by atoms with van der Waals surface area (Å²) in [5.74, 6) is 1.09. The number of para-hydroxylation sites is 1. The molecule has 0 amide bonds. The van der Waals surface area contributed by atoms with Crippen LogP contribution in [-0.4, -0.2) is 18.5 Å². The molecule has 0 unspecified atom stereocenters. The highest BCUT2D eigenvalue weighted by Gasteiger charge is 2.39. The Morgan fingerprint density at radius 2 is 1.19 bits per heavy atom. The molecule has 0 aromatic heterocycles. The van der Waals surface area contributed by atoms with Gasteiger partial charge in [-0.25, -0.2) is 0 Å². The molecule has 0 aliphatic carbocycles. The third-order valence-corrected chi connectivity index (χ3v) is 7.79. The molecule has 1 nitrogen and oxygen atoms in total. The van der Waals surface area contributed by atoms with Crippen molar-refractivity contribution in [3.05, 3.63) is 30.3 Å². The van der Waals surface area contributed by atoms with Crippen LogP contribution < -0.4 is 21.5 Å². The van der Waals surface area contributed by atoms with Crippen LogP contribution in [0.3, 0.4) is 0 Å². The summed E-state index contributed by atoms with van der Waals surface area (Å²) in [5.41, 5.74) is 0. The van der Waals surface area contributed by atoms with Gasteiger partial charge < -0.3 is 21.5 Å². The standard InChI is InChI=1S/C18H32OP.BrH/c1-4-7-15-20(16-8-5-2,17-9-6-3)19-18-13-11-10-12-14-18;/h10-14H,4-9,15-17H2,1-3H3;1H/q+1;/p-1. The summed E-state index contributed by atoms with van der Waals surface area (Å²) >= 11 is 0. The van der Waals surface area contributed by atoms with Gasteiger partial charge in [0.2, 0.25) is 0 Å². The number of rotatable bonds is 11. The number of unbranched alkanes of at least 4 members (excludes halogenated alkanes) is 3. The molecule has 0 radical (unpaired) electrons. The molecule has 122 valence electrons. The van der Waals surface area contributed by atoms with Gasteiger partial charge in [0.15, 0.2) is 13.2 Å². The van der Waals surface area contributed by atoms with Crippen molar-refractivity contribution in [1.82, 2.24) is 0 Å². The van der Waals surface area contributed by atoms with E-state index in [4.69, 9.17) is 4.52 Å². The van der Waals surface area contributed by atoms with E-state index < -0.39 is 7.49 Å². The van der Waals surface area contributed by atoms with Crippen LogP contribution in [0.15, 0.2) is 30.3 Å². The topological polar surface area (TPSA) is 9.23 Å². The molecule has 1 rings (SSSR count). The van der Waals surface area contributed by atoms with Crippen molar-refractivity contribution in [2.24, 2.45) is 0 Å². The van der Waals surface area contributed by atoms with E-state index in [2.05, 4.69) is 51.1 Å². The van der Waals surface area contributed by atoms with E-state index in [0.717, 1.165) is 5.75 Å². The molecule has 21 heavy (non-hydrogen) atoms. The second kappa shape index (κ2) is 12.5. The molecule has 0 aliphatic rings. The molecule has 1 aromatic rings. The summed E-state index contributed by atoms with van der Waals surface area (Å²) in [7, 11) is -1.27. The molecule has 0 spiro atoms. The molecule has 0 N–H and O–H groups in total. The molecular weight excluding hydrogens is 343 g/mol. The number of benzene rings is 1. The van der Waals surface area contributed by atoms with Crippen molar-refractivity contribution in [1.29, 1.82) is 0 Å². The molecule has 0 saturated heterocycles. The van der Waals surface area contributed by atoms with Gasteiger partial charge in [0, 0.05) is 0 Å². The highest BCUT2D eigenvalue weighted by molar-refractivity contribution is 7.71. The van der Waals surface area contributed by atoms with Crippen molar-refractivity contribution in [2.45, 2.75) is 59.3 Å². The maximum atomic E-state index is 6.62. The molecule has 0 bridgehead atoms. The Balaban J connectivity index is 0.00000400. The lowest BCUT2D eigenvalue weighted by atomic mass is 10.3. The fourth-order valence-electron chi connectivity index (χ4n) is 2.52. The van der Waals surface area contributed by atoms with E-state index >= 15 is 0 Å². The van der Waals surface area contributed by atoms with Crippen LogP contribution in [0, 0.1) is 0 Å². The van der Waals surface area contributed by atoms with E-state index in [0.29, 0.717) is 0 Å². The zero-order chi connectivity index (χ0) is 14.7. The Labute approximate surface area is 143 Å². The number of halogens is 1. The maximum Gasteiger partial charge on any atom is 0.190 e. The summed E-state index contributed by atoms with van der Waals surface area (Å²) < 4.78 is 6.62. The fraction of sp³-hybridized carbons (Fsp3) is 0.667. The maximum absolute atomic E-state index is 6.62. The van der Waals surface area contributed by atoms with E-state index in [1.54, 1.807) is 0 Å². The molecule has 0 aliphatic heterocycles. The summed E-state index contributed by atoms with van der Waals surface area (Å²) in [6.45, 7) is 6.87. The van der Waals surface area contributed by atoms with Gasteiger partial charge in [0.25, 0.3) is 0 Å². The van der Waals surface area contributed by atoms with Crippen LogP contribution in [-0.2, 0) is 0 Å². The van der Waals surface area contributed by atoms with Gasteiger partial charge in [-0.2, -0.15) is 0 Å². The molecule has 0 fully saturated rings. The summed E-state index contributed by atoms with van der Waals surface area (Å²) in [5, 5.41) is 0. The van der Waals surface area contributed by atoms with E-state index in [1.807, 2.05) is 0 Å². The van der Waals surface area contributed by atoms with E-state index in [9.17, 15) is 0 Å². The SMILES string of the molecule is CCCC[P+](CCCC)(CCCC)Oc1ccccc1.[Br-]. The van der Waals surface area contributed by atoms with Gasteiger partial charge in [-0.3, -0.25) is 0 Å². The first-order valence-electron chi connectivity index (χ1n) is 8.37. The van der Waals surface area contributed by atoms with Crippen molar-refractivity contribution >= 4 is 7.49 Å². The van der Waals surface area contributed by atoms with Crippen LogP contribution in [0.1, 0.15) is 59.3 Å². The van der Waals surface area contributed by atoms with Crippen LogP contribution in [0.25, 0.3) is 0 Å². The normalized spacial score (nSPS) is 11.0. The Hall–Kier alpha value is -0.0700. The summed E-state index contributed by atoms with van der Waals surface area (Å²) in [6.07, 6.45) is 11.7. The zero-order valence-electron chi connectivity index (χ0n) is 14.0. The van der Waals surface area contributed by atoms with Gasteiger partial charge >= 0.3 is 0 Å². The van der Waals surface area contributed by atoms with Crippen LogP contribution in [0.2, 0.25) is 0 Å². The smallest absolute Gasteiger partial charge is 0.190 e. The monoisotopic (exact) mass is 374 g/mol. The number of hydrogen-bond donors (Lipinski definition) is 0. The lowest BCUT2D eigenvalue weighted by Crippen LogP contribution is -3.00. The van der Waals surface area contributed by atoms with Crippen molar-refractivity contribution in [3.63, 3.8) is 0 Å². The first kappa shape index (κ1) is 20.9. The predicted molar refractivity (Wildman–Crippen MR) is 93.3 cm³/mol. The first-order valence-corrected chi connectivity index (χ1v) is 10.6. The lowest BCUT2D eigenvalue weighted by Gasteiger charge is -2.26. The largest absolute Gasteiger partial charge is 1.00 e. The van der Waals surface area contributed by atoms with Gasteiger partial charge in [-0.1, -0.05) is 58.2 Å². The highest BCUT2D eigenvalue weighted by Crippen LogP contribution is 2.61. The van der Waals surface area contributed by atoms with Gasteiger partial charge in [0.05, 0.1) is 18.5 Å². The third-order valence-electron chi connectivity index (χ3n) is 3.80. The third kappa shape index (κ3) is 8.21. The zero-order valence-corrected chi connectivity index (χ0v) is 16.5. The average molecular weight is 375 g/mol. The minimum atomic E-state index is -1.27. The Morgan fingerprint density at radius 1 is 0.762 bits per heavy atom. The Kier molecular flexibility index (Phi) is 12.4. The molecule has 0 heterocycles. The van der Waals surface area contributed by atoms with Gasteiger partial charge in [0.1, 0.15) is 0 Å². The predicted octanol–water partition coefficient (Wildman–Crippen LogP) is 3.40. The number of hydrogen-bond acceptors (Lipinski definition) is 1. The lowest BCUT2D eigenvalue weighted by molar-refractivity contribution is -0.00000510. The highest BCUT2D eigenvalue weighted by atomic mass is 79.9. The molecule has 0 saturated carbocycles. The quantitative estimate of drug-likeness (QED) is 0.539. The van der Waals surface area contributed by atoms with E-state index in [1.165, 1.54) is 57.0 Å². The average Bonchev–Trinajstić information content (AvgIpc) is 2.49. The van der Waals surface area contributed by atoms with Crippen LogP contribution >= 0.6 is 7.49 Å². The molecule has 3 heteroatoms. The second-order valence-corrected chi connectivity index (χ2v) is 9.33. The Morgan fingerprint density at radius 3 is 1.57 bits per heavy atom. The first-order chi connectivity index (χ1) is 9.76. The minimum Gasteiger partial charge on any atom is -1.00 e. The minimum absolute atomic E-state index is 0. The molecule has 1 aromatic carbocycles. The van der Waals surface area contributed by atoms with Gasteiger partial charge in [-0.05, 0) is 31.4 Å². The molecular formula is C18H32BrOP. The summed E-state index contributed by atoms with van der Waals surface area (Å²) in [6, 6.07) is 10.5. The fourth-order valence-corrected chi connectivity index (χ4v) is 6.71. The molecule has 0 atom stereocenters. The van der Waals surface area contributed by atoms with Crippen LogP contribution in [0.5, 0.6) is 5.75 Å². The van der Waals surface area contributed by atoms with E-state index in [-0.39, 0.29) is 17.0 Å². The van der Waals surface area contributed by atoms with Crippen molar-refractivity contribution in [2.75, 3.05) is 18.5 Å². The van der Waals surface area contributed by atoms with Crippen molar-refractivity contribution in [3.8, 4) is 5.75 Å². The van der Waals surface area contributed by atoms with Crippen molar-refractivity contribution < 1.29 is 21.5 Å². The second-order valence-electron chi connectivity index (χ2n) is 5.69. The Bertz CT molecular complexity index is 321.